The van der Waals surface area contributed by atoms with Crippen molar-refractivity contribution in [3.63, 3.8) is 0 Å². The summed E-state index contributed by atoms with van der Waals surface area (Å²) in [5.41, 5.74) is 1.13. The van der Waals surface area contributed by atoms with Crippen molar-refractivity contribution in [3.05, 3.63) is 66.2 Å². The summed E-state index contributed by atoms with van der Waals surface area (Å²) in [6.07, 6.45) is -0.196. The van der Waals surface area contributed by atoms with Crippen molar-refractivity contribution in [1.82, 2.24) is 0 Å². The van der Waals surface area contributed by atoms with Crippen molar-refractivity contribution >= 4 is 25.4 Å². The molecule has 1 aliphatic rings. The summed E-state index contributed by atoms with van der Waals surface area (Å²) in [7, 11) is 1.46. The van der Waals surface area contributed by atoms with Crippen LogP contribution in [0.1, 0.15) is 18.6 Å². The summed E-state index contributed by atoms with van der Waals surface area (Å²) in [6.45, 7) is 1.97. The van der Waals surface area contributed by atoms with Gasteiger partial charge in [-0.25, -0.2) is 0 Å². The minimum absolute atomic E-state index is 0.0597. The average Bonchev–Trinajstić information content (AvgIpc) is 2.92. The fraction of sp³-hybridized carbons (Fsp3) is 0.316. The predicted molar refractivity (Wildman–Crippen MR) is 90.8 cm³/mol. The molecule has 0 aromatic heterocycles. The molecule has 3 nitrogen and oxygen atoms in total. The molecule has 2 aromatic carbocycles. The number of rotatable bonds is 4. The number of hydrogen-bond acceptors (Lipinski definition) is 3. The van der Waals surface area contributed by atoms with Gasteiger partial charge in [0.2, 0.25) is 0 Å². The molecule has 0 bridgehead atoms. The maximum absolute atomic E-state index is 12.3. The Morgan fingerprint density at radius 2 is 1.65 bits per heavy atom. The van der Waals surface area contributed by atoms with Crippen LogP contribution in [0.5, 0.6) is 0 Å². The van der Waals surface area contributed by atoms with Gasteiger partial charge in [0, 0.05) is 0 Å². The molecule has 4 heteroatoms. The Hall–Kier alpha value is -1.61. The Kier molecular flexibility index (Phi) is 5.16. The third-order valence-electron chi connectivity index (χ3n) is 4.14. The molecule has 3 rings (SSSR count). The second-order valence-corrected chi connectivity index (χ2v) is 8.24. The van der Waals surface area contributed by atoms with Gasteiger partial charge in [-0.3, -0.25) is 0 Å². The number of hydrogen-bond donors (Lipinski definition) is 0. The molecule has 4 atom stereocenters. The van der Waals surface area contributed by atoms with Crippen LogP contribution in [-0.2, 0) is 14.3 Å². The molecule has 23 heavy (non-hydrogen) atoms. The molecule has 2 aromatic rings. The molecule has 1 fully saturated rings. The van der Waals surface area contributed by atoms with Crippen molar-refractivity contribution in [1.29, 1.82) is 0 Å². The summed E-state index contributed by atoms with van der Waals surface area (Å²) in [6, 6.07) is 20.5. The van der Waals surface area contributed by atoms with Crippen molar-refractivity contribution in [2.24, 2.45) is 5.92 Å². The van der Waals surface area contributed by atoms with Crippen LogP contribution in [0, 0.1) is 5.92 Å². The second kappa shape index (κ2) is 7.31. The third-order valence-corrected chi connectivity index (χ3v) is 6.98. The van der Waals surface area contributed by atoms with Gasteiger partial charge in [0.15, 0.2) is 0 Å². The molecule has 0 radical (unpaired) electrons. The predicted octanol–water partition coefficient (Wildman–Crippen LogP) is 2.75. The van der Waals surface area contributed by atoms with E-state index in [2.05, 4.69) is 24.3 Å². The Bertz CT molecular complexity index is 644. The molecule has 0 saturated carbocycles. The molecule has 0 amide bonds. The van der Waals surface area contributed by atoms with Crippen molar-refractivity contribution in [2.75, 3.05) is 7.11 Å². The van der Waals surface area contributed by atoms with Crippen LogP contribution in [0.2, 0.25) is 4.82 Å². The van der Waals surface area contributed by atoms with Crippen molar-refractivity contribution in [3.8, 4) is 0 Å². The molecule has 1 saturated heterocycles. The molecule has 0 spiro atoms. The number of methoxy groups -OCH3 is 1. The number of esters is 1. The van der Waals surface area contributed by atoms with Gasteiger partial charge in [-0.1, -0.05) is 0 Å². The number of carbonyl (C=O) groups is 1. The molecular weight excluding hydrogens is 355 g/mol. The van der Waals surface area contributed by atoms with E-state index in [1.165, 1.54) is 11.6 Å². The van der Waals surface area contributed by atoms with Crippen LogP contribution in [0.4, 0.5) is 0 Å². The van der Waals surface area contributed by atoms with E-state index in [1.54, 1.807) is 0 Å². The van der Waals surface area contributed by atoms with Gasteiger partial charge in [0.1, 0.15) is 0 Å². The van der Waals surface area contributed by atoms with Gasteiger partial charge in [-0.2, -0.15) is 0 Å². The van der Waals surface area contributed by atoms with E-state index in [0.717, 1.165) is 5.56 Å². The third kappa shape index (κ3) is 3.50. The minimum atomic E-state index is -0.217. The normalized spacial score (nSPS) is 26.9. The first-order valence-electron chi connectivity index (χ1n) is 7.70. The first-order chi connectivity index (χ1) is 11.2. The monoisotopic (exact) mass is 376 g/mol. The first-order valence-corrected chi connectivity index (χ1v) is 9.55. The Labute approximate surface area is 143 Å². The molecular formula is C19H20O3Se. The summed E-state index contributed by atoms with van der Waals surface area (Å²) < 4.78 is 12.5. The quantitative estimate of drug-likeness (QED) is 0.609. The Morgan fingerprint density at radius 1 is 1.04 bits per heavy atom. The van der Waals surface area contributed by atoms with Crippen LogP contribution in [-0.4, -0.2) is 34.1 Å². The van der Waals surface area contributed by atoms with Gasteiger partial charge in [0.25, 0.3) is 0 Å². The number of ether oxygens (including phenoxy) is 2. The van der Waals surface area contributed by atoms with E-state index in [1.807, 2.05) is 43.3 Å². The van der Waals surface area contributed by atoms with Crippen LogP contribution in [0.25, 0.3) is 0 Å². The Balaban J connectivity index is 1.93. The van der Waals surface area contributed by atoms with Gasteiger partial charge >= 0.3 is 143 Å². The summed E-state index contributed by atoms with van der Waals surface area (Å²) >= 11 is 0.130. The Morgan fingerprint density at radius 3 is 2.26 bits per heavy atom. The van der Waals surface area contributed by atoms with E-state index >= 15 is 0 Å². The van der Waals surface area contributed by atoms with Crippen molar-refractivity contribution in [2.45, 2.75) is 23.9 Å². The zero-order valence-corrected chi connectivity index (χ0v) is 14.9. The molecule has 0 aliphatic carbocycles. The maximum atomic E-state index is 12.3. The fourth-order valence-corrected chi connectivity index (χ4v) is 6.06. The van der Waals surface area contributed by atoms with E-state index in [4.69, 9.17) is 9.47 Å². The summed E-state index contributed by atoms with van der Waals surface area (Å²) in [5.74, 6) is -0.385. The standard InChI is InChI=1S/C19H20O3Se/c1-13-16(19(20)21-2)18(23-15-11-7-4-8-12-15)17(22-13)14-9-5-3-6-10-14/h3-13,16-18H,1-2H3/t13-,16+,17+,18-/m0/s1. The SMILES string of the molecule is COC(=O)[C@H]1[C@H]([Se]c2ccccc2)[C@@H](c2ccccc2)O[C@H]1C. The van der Waals surface area contributed by atoms with Crippen LogP contribution in [0.3, 0.4) is 0 Å². The van der Waals surface area contributed by atoms with E-state index < -0.39 is 0 Å². The summed E-state index contributed by atoms with van der Waals surface area (Å²) in [4.78, 5) is 12.4. The molecule has 0 unspecified atom stereocenters. The fourth-order valence-electron chi connectivity index (χ4n) is 3.01. The van der Waals surface area contributed by atoms with E-state index in [9.17, 15) is 4.79 Å². The summed E-state index contributed by atoms with van der Waals surface area (Å²) in [5, 5.41) is 0. The topological polar surface area (TPSA) is 35.5 Å². The van der Waals surface area contributed by atoms with Crippen LogP contribution >= 0.6 is 0 Å². The zero-order chi connectivity index (χ0) is 16.2. The number of benzene rings is 2. The van der Waals surface area contributed by atoms with Gasteiger partial charge in [-0.05, 0) is 0 Å². The van der Waals surface area contributed by atoms with Crippen LogP contribution < -0.4 is 4.46 Å². The van der Waals surface area contributed by atoms with E-state index in [-0.39, 0.29) is 43.9 Å². The first kappa shape index (κ1) is 16.3. The van der Waals surface area contributed by atoms with Crippen molar-refractivity contribution < 1.29 is 14.3 Å². The molecule has 120 valence electrons. The second-order valence-electron chi connectivity index (χ2n) is 5.62. The van der Waals surface area contributed by atoms with Gasteiger partial charge in [0.05, 0.1) is 0 Å². The number of carbonyl (C=O) groups excluding carboxylic acids is 1. The molecule has 0 N–H and O–H groups in total. The van der Waals surface area contributed by atoms with Gasteiger partial charge in [-0.15, -0.1) is 0 Å². The zero-order valence-electron chi connectivity index (χ0n) is 13.2. The average molecular weight is 375 g/mol. The van der Waals surface area contributed by atoms with Crippen LogP contribution in [0.15, 0.2) is 60.7 Å². The molecule has 1 heterocycles. The van der Waals surface area contributed by atoms with Gasteiger partial charge < -0.3 is 0 Å². The van der Waals surface area contributed by atoms with E-state index in [0.29, 0.717) is 0 Å². The molecule has 1 aliphatic heterocycles.